The number of carbonyl (C=O) groups excluding carboxylic acids is 1. The van der Waals surface area contributed by atoms with Gasteiger partial charge in [0.25, 0.3) is 0 Å². The van der Waals surface area contributed by atoms with Crippen LogP contribution in [0.25, 0.3) is 44.2 Å². The van der Waals surface area contributed by atoms with Gasteiger partial charge >= 0.3 is 0 Å². The minimum absolute atomic E-state index is 0.0617. The third kappa shape index (κ3) is 5.92. The van der Waals surface area contributed by atoms with Gasteiger partial charge in [-0.2, -0.15) is 0 Å². The lowest BCUT2D eigenvalue weighted by Crippen LogP contribution is -2.47. The highest BCUT2D eigenvalue weighted by Gasteiger charge is 2.21. The molecule has 0 aliphatic carbocycles. The van der Waals surface area contributed by atoms with Gasteiger partial charge in [-0.15, -0.1) is 0 Å². The Morgan fingerprint density at radius 3 is 2.28 bits per heavy atom. The topological polar surface area (TPSA) is 98.4 Å². The third-order valence-electron chi connectivity index (χ3n) is 8.71. The lowest BCUT2D eigenvalue weighted by atomic mass is 9.92. The molecule has 0 bridgehead atoms. The second kappa shape index (κ2) is 12.5. The van der Waals surface area contributed by atoms with Crippen molar-refractivity contribution in [1.29, 1.82) is 0 Å². The van der Waals surface area contributed by atoms with E-state index in [1.165, 1.54) is 0 Å². The number of hydrogen-bond acceptors (Lipinski definition) is 6. The lowest BCUT2D eigenvalue weighted by Gasteiger charge is -2.28. The molecule has 232 valence electrons. The van der Waals surface area contributed by atoms with Gasteiger partial charge in [0, 0.05) is 72.5 Å². The third-order valence-corrected chi connectivity index (χ3v) is 10.4. The maximum absolute atomic E-state index is 13.2. The molecule has 2 aromatic heterocycles. The van der Waals surface area contributed by atoms with Gasteiger partial charge in [-0.1, -0.05) is 66.7 Å². The monoisotopic (exact) mass is 629 g/mol. The number of likely N-dealkylation sites (N-methyl/N-ethyl adjacent to an activating group) is 1. The Hall–Kier alpha value is -4.83. The van der Waals surface area contributed by atoms with Crippen molar-refractivity contribution in [2.75, 3.05) is 44.7 Å². The van der Waals surface area contributed by atoms with Crippen LogP contribution in [-0.2, 0) is 20.4 Å². The summed E-state index contributed by atoms with van der Waals surface area (Å²) in [6.45, 7) is 3.94. The predicted molar refractivity (Wildman–Crippen MR) is 185 cm³/mol. The van der Waals surface area contributed by atoms with E-state index in [1.807, 2.05) is 80.0 Å². The number of hydrogen-bond donors (Lipinski definition) is 2. The zero-order chi connectivity index (χ0) is 31.7. The van der Waals surface area contributed by atoms with Crippen LogP contribution in [-0.4, -0.2) is 69.0 Å². The fraction of sp³-hybridized carbons (Fsp3) is 0.189. The van der Waals surface area contributed by atoms with Gasteiger partial charge in [0.2, 0.25) is 5.91 Å². The Labute approximate surface area is 268 Å². The maximum Gasteiger partial charge on any atom is 0.240 e. The molecule has 1 aliphatic heterocycles. The van der Waals surface area contributed by atoms with Crippen LogP contribution < -0.4 is 10.2 Å². The van der Waals surface area contributed by atoms with Crippen LogP contribution in [0.4, 0.5) is 5.69 Å². The highest BCUT2D eigenvalue weighted by atomic mass is 32.2. The Bertz CT molecular complexity index is 2120. The molecule has 0 unspecified atom stereocenters. The number of amides is 1. The fourth-order valence-corrected chi connectivity index (χ4v) is 7.58. The number of aromatic amines is 1. The summed E-state index contributed by atoms with van der Waals surface area (Å²) < 4.78 is 26.5. The van der Waals surface area contributed by atoms with Crippen LogP contribution in [0.15, 0.2) is 114 Å². The summed E-state index contributed by atoms with van der Waals surface area (Å²) in [5, 5.41) is 5.18. The largest absolute Gasteiger partial charge is 0.339 e. The van der Waals surface area contributed by atoms with E-state index < -0.39 is 9.84 Å². The van der Waals surface area contributed by atoms with Crippen molar-refractivity contribution in [1.82, 2.24) is 20.2 Å². The minimum atomic E-state index is -3.52. The number of anilines is 1. The van der Waals surface area contributed by atoms with Crippen LogP contribution in [0.2, 0.25) is 0 Å². The number of benzene rings is 4. The molecule has 8 nitrogen and oxygen atoms in total. The molecule has 2 N–H and O–H groups in total. The Balaban J connectivity index is 1.28. The Kier molecular flexibility index (Phi) is 8.12. The molecule has 0 atom stereocenters. The summed E-state index contributed by atoms with van der Waals surface area (Å²) in [7, 11) is -1.69. The molecular formula is C37H35N5O3S. The number of nitrogens with zero attached hydrogens (tertiary/aromatic N) is 3. The first kappa shape index (κ1) is 29.9. The number of carbonyl (C=O) groups is 1. The molecule has 1 saturated heterocycles. The Morgan fingerprint density at radius 1 is 0.870 bits per heavy atom. The van der Waals surface area contributed by atoms with Gasteiger partial charge in [-0.25, -0.2) is 13.4 Å². The van der Waals surface area contributed by atoms with E-state index in [4.69, 9.17) is 4.98 Å². The van der Waals surface area contributed by atoms with Crippen molar-refractivity contribution in [3.63, 3.8) is 0 Å². The lowest BCUT2D eigenvalue weighted by molar-refractivity contribution is -0.119. The molecule has 1 fully saturated rings. The summed E-state index contributed by atoms with van der Waals surface area (Å²) in [6.07, 6.45) is 1.88. The fourth-order valence-electron chi connectivity index (χ4n) is 6.22. The number of piperazine rings is 1. The normalized spacial score (nSPS) is 14.1. The molecule has 0 radical (unpaired) electrons. The number of H-pyrrole nitrogens is 1. The molecular weight excluding hydrogens is 595 g/mol. The van der Waals surface area contributed by atoms with Crippen LogP contribution in [0.3, 0.4) is 0 Å². The second-order valence-electron chi connectivity index (χ2n) is 11.7. The van der Waals surface area contributed by atoms with Crippen LogP contribution >= 0.6 is 0 Å². The van der Waals surface area contributed by atoms with Crippen molar-refractivity contribution in [2.45, 2.75) is 10.6 Å². The van der Waals surface area contributed by atoms with Crippen molar-refractivity contribution < 1.29 is 13.2 Å². The second-order valence-corrected chi connectivity index (χ2v) is 13.7. The zero-order valence-electron chi connectivity index (χ0n) is 25.6. The van der Waals surface area contributed by atoms with E-state index in [2.05, 4.69) is 27.3 Å². The number of pyridine rings is 1. The van der Waals surface area contributed by atoms with Crippen molar-refractivity contribution in [3.8, 4) is 22.3 Å². The molecule has 6 aromatic rings. The number of fused-ring (bicyclic) bond motifs is 3. The Morgan fingerprint density at radius 2 is 1.57 bits per heavy atom. The SMILES string of the molecule is CN(C(=O)CN1CCNCC1)c1ccc(-c2cnc3[nH]c4ccc(CS(=O)(=O)c5ccccc5)cc4c3c2-c2ccccc2)cc1. The van der Waals surface area contributed by atoms with E-state index >= 15 is 0 Å². The van der Waals surface area contributed by atoms with Gasteiger partial charge in [0.1, 0.15) is 5.65 Å². The van der Waals surface area contributed by atoms with E-state index in [0.717, 1.165) is 76.1 Å². The smallest absolute Gasteiger partial charge is 0.240 e. The van der Waals surface area contributed by atoms with Crippen molar-refractivity contribution in [3.05, 3.63) is 115 Å². The number of sulfone groups is 1. The predicted octanol–water partition coefficient (Wildman–Crippen LogP) is 5.89. The molecule has 0 spiro atoms. The van der Waals surface area contributed by atoms with E-state index in [-0.39, 0.29) is 11.7 Å². The quantitative estimate of drug-likeness (QED) is 0.218. The zero-order valence-corrected chi connectivity index (χ0v) is 26.4. The highest BCUT2D eigenvalue weighted by molar-refractivity contribution is 7.90. The van der Waals surface area contributed by atoms with Crippen LogP contribution in [0.1, 0.15) is 5.56 Å². The highest BCUT2D eigenvalue weighted by Crippen LogP contribution is 2.41. The van der Waals surface area contributed by atoms with Gasteiger partial charge in [0.15, 0.2) is 9.84 Å². The van der Waals surface area contributed by atoms with E-state index in [9.17, 15) is 13.2 Å². The molecule has 7 rings (SSSR count). The van der Waals surface area contributed by atoms with E-state index in [0.29, 0.717) is 17.0 Å². The standard InChI is InChI=1S/C37H35N5O3S/c1-41(34(43)24-42-20-18-38-19-21-42)29-15-13-27(14-16-29)32-23-39-37-36(35(32)28-8-4-2-5-9-28)31-22-26(12-17-33(31)40-37)25-46(44,45)30-10-6-3-7-11-30/h2-17,22-23,38H,18-21,24-25H2,1H3,(H,39,40). The van der Waals surface area contributed by atoms with Gasteiger partial charge in [-0.3, -0.25) is 9.69 Å². The molecule has 0 saturated carbocycles. The summed E-state index contributed by atoms with van der Waals surface area (Å²) >= 11 is 0. The first-order valence-electron chi connectivity index (χ1n) is 15.4. The van der Waals surface area contributed by atoms with Crippen molar-refractivity contribution >= 4 is 43.4 Å². The summed E-state index contributed by atoms with van der Waals surface area (Å²) in [5.41, 5.74) is 7.11. The molecule has 46 heavy (non-hydrogen) atoms. The number of rotatable bonds is 8. The number of nitrogens with one attached hydrogen (secondary N) is 2. The van der Waals surface area contributed by atoms with Gasteiger partial charge < -0.3 is 15.2 Å². The maximum atomic E-state index is 13.2. The average Bonchev–Trinajstić information content (AvgIpc) is 3.46. The summed E-state index contributed by atoms with van der Waals surface area (Å²) in [4.78, 5) is 25.5. The summed E-state index contributed by atoms with van der Waals surface area (Å²) in [6, 6.07) is 32.5. The first-order chi connectivity index (χ1) is 22.4. The van der Waals surface area contributed by atoms with Crippen LogP contribution in [0.5, 0.6) is 0 Å². The molecule has 4 aromatic carbocycles. The average molecular weight is 630 g/mol. The molecule has 1 amide bonds. The molecule has 9 heteroatoms. The van der Waals surface area contributed by atoms with Crippen molar-refractivity contribution in [2.24, 2.45) is 0 Å². The number of aromatic nitrogens is 2. The molecule has 1 aliphatic rings. The van der Waals surface area contributed by atoms with Crippen LogP contribution in [0, 0.1) is 0 Å². The summed E-state index contributed by atoms with van der Waals surface area (Å²) in [5.74, 6) is -0.0398. The van der Waals surface area contributed by atoms with Gasteiger partial charge in [0.05, 0.1) is 17.2 Å². The first-order valence-corrected chi connectivity index (χ1v) is 17.1. The minimum Gasteiger partial charge on any atom is -0.339 e. The van der Waals surface area contributed by atoms with E-state index in [1.54, 1.807) is 29.2 Å². The molecule has 3 heterocycles. The van der Waals surface area contributed by atoms with Gasteiger partial charge in [-0.05, 0) is 53.1 Å².